The molecule has 0 spiro atoms. The molecule has 0 aromatic heterocycles. The maximum Gasteiger partial charge on any atom is 0.345 e. The fraction of sp³-hybridized carbons (Fsp3) is 0.105. The molecule has 2 aromatic rings. The van der Waals surface area contributed by atoms with E-state index in [0.29, 0.717) is 16.4 Å². The van der Waals surface area contributed by atoms with Crippen LogP contribution in [0.2, 0.25) is 5.02 Å². The van der Waals surface area contributed by atoms with Crippen LogP contribution >= 0.6 is 23.8 Å². The van der Waals surface area contributed by atoms with Crippen LogP contribution in [-0.4, -0.2) is 23.6 Å². The van der Waals surface area contributed by atoms with Crippen LogP contribution in [0.4, 0.5) is 11.4 Å². The van der Waals surface area contributed by atoms with E-state index >= 15 is 0 Å². The van der Waals surface area contributed by atoms with Crippen molar-refractivity contribution in [1.29, 1.82) is 0 Å². The smallest absolute Gasteiger partial charge is 0.345 e. The van der Waals surface area contributed by atoms with Crippen LogP contribution in [0.1, 0.15) is 6.92 Å². The minimum Gasteiger partial charge on any atom is -0.462 e. The molecule has 9 heteroatoms. The summed E-state index contributed by atoms with van der Waals surface area (Å²) in [7, 11) is 0. The number of para-hydroxylation sites is 1. The van der Waals surface area contributed by atoms with E-state index in [-0.39, 0.29) is 17.3 Å². The maximum atomic E-state index is 12.4. The Bertz CT molecular complexity index is 857. The second-order valence-electron chi connectivity index (χ2n) is 5.33. The van der Waals surface area contributed by atoms with Gasteiger partial charge >= 0.3 is 5.97 Å². The van der Waals surface area contributed by atoms with Crippen molar-refractivity contribution >= 4 is 52.2 Å². The molecule has 0 unspecified atom stereocenters. The van der Waals surface area contributed by atoms with Crippen molar-refractivity contribution in [2.45, 2.75) is 6.92 Å². The molecule has 0 aliphatic heterocycles. The van der Waals surface area contributed by atoms with E-state index in [4.69, 9.17) is 28.6 Å². The van der Waals surface area contributed by atoms with Gasteiger partial charge in [-0.05, 0) is 55.5 Å². The molecule has 0 saturated carbocycles. The van der Waals surface area contributed by atoms with Gasteiger partial charge in [0, 0.05) is 16.9 Å². The number of hydrazine groups is 1. The Balaban J connectivity index is 2.01. The molecule has 0 bridgehead atoms. The Morgan fingerprint density at radius 1 is 1.07 bits per heavy atom. The molecule has 0 heterocycles. The number of benzene rings is 2. The average Bonchev–Trinajstić information content (AvgIpc) is 2.69. The summed E-state index contributed by atoms with van der Waals surface area (Å²) in [5.41, 5.74) is 6.27. The molecule has 2 aromatic carbocycles. The van der Waals surface area contributed by atoms with Crippen molar-refractivity contribution in [3.63, 3.8) is 0 Å². The van der Waals surface area contributed by atoms with E-state index in [0.717, 1.165) is 0 Å². The molecular formula is C19H19ClN4O3S. The van der Waals surface area contributed by atoms with Crippen molar-refractivity contribution in [2.75, 3.05) is 17.3 Å². The van der Waals surface area contributed by atoms with Gasteiger partial charge in [-0.2, -0.15) is 0 Å². The molecule has 2 rings (SSSR count). The number of esters is 1. The van der Waals surface area contributed by atoms with Crippen molar-refractivity contribution in [2.24, 2.45) is 0 Å². The number of thiocarbonyl (C=S) groups is 1. The number of rotatable bonds is 7. The molecule has 0 atom stereocenters. The van der Waals surface area contributed by atoms with Gasteiger partial charge in [-0.25, -0.2) is 4.79 Å². The molecule has 0 aliphatic rings. The Morgan fingerprint density at radius 2 is 1.75 bits per heavy atom. The molecule has 0 fully saturated rings. The third-order valence-corrected chi connectivity index (χ3v) is 3.76. The predicted molar refractivity (Wildman–Crippen MR) is 114 cm³/mol. The van der Waals surface area contributed by atoms with Gasteiger partial charge in [0.25, 0.3) is 5.91 Å². The third-order valence-electron chi connectivity index (χ3n) is 3.28. The molecule has 28 heavy (non-hydrogen) atoms. The van der Waals surface area contributed by atoms with Crippen LogP contribution in [0.3, 0.4) is 0 Å². The van der Waals surface area contributed by atoms with Crippen LogP contribution < -0.4 is 21.5 Å². The summed E-state index contributed by atoms with van der Waals surface area (Å²) >= 11 is 11.0. The number of nitrogens with one attached hydrogen (secondary N) is 4. The highest BCUT2D eigenvalue weighted by Gasteiger charge is 2.19. The van der Waals surface area contributed by atoms with Gasteiger partial charge in [-0.15, -0.1) is 0 Å². The average molecular weight is 419 g/mol. The maximum absolute atomic E-state index is 12.4. The SMILES string of the molecule is CCOC(=O)/C(=C\NC(=S)Nc1ccc(Cl)cc1)C(=O)NNc1ccccc1. The molecule has 4 N–H and O–H groups in total. The number of halogens is 1. The minimum absolute atomic E-state index is 0.128. The first kappa shape index (κ1) is 21.2. The lowest BCUT2D eigenvalue weighted by molar-refractivity contribution is -0.140. The summed E-state index contributed by atoms with van der Waals surface area (Å²) in [6.45, 7) is 1.78. The van der Waals surface area contributed by atoms with Crippen LogP contribution in [0, 0.1) is 0 Å². The van der Waals surface area contributed by atoms with E-state index in [1.807, 2.05) is 6.07 Å². The van der Waals surface area contributed by atoms with Gasteiger partial charge in [-0.3, -0.25) is 15.6 Å². The normalized spacial score (nSPS) is 10.6. The van der Waals surface area contributed by atoms with Gasteiger partial charge in [0.2, 0.25) is 0 Å². The van der Waals surface area contributed by atoms with E-state index in [1.165, 1.54) is 6.20 Å². The van der Waals surface area contributed by atoms with Crippen LogP contribution in [0.5, 0.6) is 0 Å². The molecule has 7 nitrogen and oxygen atoms in total. The molecule has 1 amide bonds. The lowest BCUT2D eigenvalue weighted by Gasteiger charge is -2.12. The summed E-state index contributed by atoms with van der Waals surface area (Å²) in [5, 5.41) is 6.39. The lowest BCUT2D eigenvalue weighted by Crippen LogP contribution is -2.35. The van der Waals surface area contributed by atoms with Crippen LogP contribution in [0.15, 0.2) is 66.4 Å². The summed E-state index contributed by atoms with van der Waals surface area (Å²) in [4.78, 5) is 24.5. The zero-order valence-electron chi connectivity index (χ0n) is 15.0. The molecular weight excluding hydrogens is 400 g/mol. The number of anilines is 2. The van der Waals surface area contributed by atoms with E-state index in [9.17, 15) is 9.59 Å². The number of carbonyl (C=O) groups excluding carboxylic acids is 2. The number of carbonyl (C=O) groups is 2. The van der Waals surface area contributed by atoms with Crippen molar-refractivity contribution in [3.05, 3.63) is 71.4 Å². The number of hydrogen-bond donors (Lipinski definition) is 4. The zero-order chi connectivity index (χ0) is 20.4. The van der Waals surface area contributed by atoms with E-state index in [1.54, 1.807) is 55.5 Å². The summed E-state index contributed by atoms with van der Waals surface area (Å²) in [6.07, 6.45) is 1.19. The van der Waals surface area contributed by atoms with Gasteiger partial charge in [-0.1, -0.05) is 29.8 Å². The lowest BCUT2D eigenvalue weighted by atomic mass is 10.2. The van der Waals surface area contributed by atoms with Gasteiger partial charge < -0.3 is 15.4 Å². The largest absolute Gasteiger partial charge is 0.462 e. The predicted octanol–water partition coefficient (Wildman–Crippen LogP) is 3.22. The quantitative estimate of drug-likeness (QED) is 0.137. The van der Waals surface area contributed by atoms with E-state index < -0.39 is 11.9 Å². The van der Waals surface area contributed by atoms with Gasteiger partial charge in [0.15, 0.2) is 5.11 Å². The topological polar surface area (TPSA) is 91.5 Å². The van der Waals surface area contributed by atoms with Crippen LogP contribution in [-0.2, 0) is 14.3 Å². The molecule has 0 radical (unpaired) electrons. The standard InChI is InChI=1S/C19H19ClN4O3S/c1-2-27-18(26)16(17(25)24-23-15-6-4-3-5-7-15)12-21-19(28)22-14-10-8-13(20)9-11-14/h3-12,23H,2H2,1H3,(H,24,25)(H2,21,22,28)/b16-12-. The Kier molecular flexibility index (Phi) is 8.26. The monoisotopic (exact) mass is 418 g/mol. The fourth-order valence-corrected chi connectivity index (χ4v) is 2.28. The van der Waals surface area contributed by atoms with Gasteiger partial charge in [0.05, 0.1) is 12.3 Å². The highest BCUT2D eigenvalue weighted by molar-refractivity contribution is 7.80. The summed E-state index contributed by atoms with van der Waals surface area (Å²) in [6, 6.07) is 15.9. The number of hydrogen-bond acceptors (Lipinski definition) is 5. The highest BCUT2D eigenvalue weighted by atomic mass is 35.5. The fourth-order valence-electron chi connectivity index (χ4n) is 1.98. The Morgan fingerprint density at radius 3 is 2.39 bits per heavy atom. The first-order valence-corrected chi connectivity index (χ1v) is 9.10. The highest BCUT2D eigenvalue weighted by Crippen LogP contribution is 2.13. The first-order valence-electron chi connectivity index (χ1n) is 8.31. The van der Waals surface area contributed by atoms with Gasteiger partial charge in [0.1, 0.15) is 5.57 Å². The Labute approximate surface area is 173 Å². The second-order valence-corrected chi connectivity index (χ2v) is 6.17. The Hall–Kier alpha value is -3.10. The summed E-state index contributed by atoms with van der Waals surface area (Å²) in [5.74, 6) is -1.46. The van der Waals surface area contributed by atoms with Crippen molar-refractivity contribution < 1.29 is 14.3 Å². The van der Waals surface area contributed by atoms with Crippen molar-refractivity contribution in [1.82, 2.24) is 10.7 Å². The third kappa shape index (κ3) is 6.90. The first-order chi connectivity index (χ1) is 13.5. The second kappa shape index (κ2) is 10.9. The van der Waals surface area contributed by atoms with Crippen molar-refractivity contribution in [3.8, 4) is 0 Å². The zero-order valence-corrected chi connectivity index (χ0v) is 16.6. The number of ether oxygens (including phenoxy) is 1. The molecule has 0 aliphatic carbocycles. The molecule has 146 valence electrons. The number of amides is 1. The van der Waals surface area contributed by atoms with Crippen LogP contribution in [0.25, 0.3) is 0 Å². The minimum atomic E-state index is -0.781. The molecule has 0 saturated heterocycles. The summed E-state index contributed by atoms with van der Waals surface area (Å²) < 4.78 is 4.93. The van der Waals surface area contributed by atoms with E-state index in [2.05, 4.69) is 21.5 Å².